The number of carbonyl (C=O) groups is 1. The highest BCUT2D eigenvalue weighted by atomic mass is 79.9. The van der Waals surface area contributed by atoms with Gasteiger partial charge in [-0.3, -0.25) is 0 Å². The number of carboxylic acid groups (broad SMARTS) is 1. The van der Waals surface area contributed by atoms with Crippen molar-refractivity contribution in [3.8, 4) is 0 Å². The molecule has 2 nitrogen and oxygen atoms in total. The quantitative estimate of drug-likeness (QED) is 0.702. The first-order chi connectivity index (χ1) is 8.56. The summed E-state index contributed by atoms with van der Waals surface area (Å²) in [6, 6.07) is 7.46. The minimum atomic E-state index is -0.914. The molecule has 0 radical (unpaired) electrons. The van der Waals surface area contributed by atoms with E-state index in [0.717, 1.165) is 14.4 Å². The van der Waals surface area contributed by atoms with Gasteiger partial charge in [-0.25, -0.2) is 4.79 Å². The number of aromatic carboxylic acids is 1. The summed E-state index contributed by atoms with van der Waals surface area (Å²) >= 11 is 9.94. The van der Waals surface area contributed by atoms with Crippen molar-refractivity contribution in [1.29, 1.82) is 0 Å². The van der Waals surface area contributed by atoms with Crippen LogP contribution in [0.1, 0.15) is 15.9 Å². The second kappa shape index (κ2) is 6.23. The van der Waals surface area contributed by atoms with Gasteiger partial charge in [0.25, 0.3) is 0 Å². The highest BCUT2D eigenvalue weighted by molar-refractivity contribution is 9.11. The maximum absolute atomic E-state index is 11.0. The molecular weight excluding hydrogens is 400 g/mol. The molecule has 18 heavy (non-hydrogen) atoms. The predicted octanol–water partition coefficient (Wildman–Crippen LogP) is 5.26. The average Bonchev–Trinajstić information content (AvgIpc) is 2.74. The predicted molar refractivity (Wildman–Crippen MR) is 82.7 cm³/mol. The van der Waals surface area contributed by atoms with Gasteiger partial charge in [0, 0.05) is 15.1 Å². The van der Waals surface area contributed by atoms with Crippen LogP contribution in [0.15, 0.2) is 42.8 Å². The molecule has 0 saturated carbocycles. The molecule has 0 aliphatic heterocycles. The second-order valence-electron chi connectivity index (χ2n) is 3.49. The smallest absolute Gasteiger partial charge is 0.336 e. The number of carboxylic acids is 1. The minimum absolute atomic E-state index is 0.298. The molecule has 1 heterocycles. The summed E-state index contributed by atoms with van der Waals surface area (Å²) < 4.78 is 1.72. The zero-order chi connectivity index (χ0) is 13.1. The summed E-state index contributed by atoms with van der Waals surface area (Å²) in [6.45, 7) is 0. The van der Waals surface area contributed by atoms with E-state index in [1.54, 1.807) is 35.2 Å². The van der Waals surface area contributed by atoms with Crippen molar-refractivity contribution in [2.75, 3.05) is 0 Å². The van der Waals surface area contributed by atoms with Gasteiger partial charge in [0.15, 0.2) is 0 Å². The monoisotopic (exact) mass is 406 g/mol. The van der Waals surface area contributed by atoms with Crippen LogP contribution in [0.2, 0.25) is 0 Å². The SMILES string of the molecule is O=C(O)c1cc(SCc2csc(Br)c2)ccc1Br. The number of thiophene rings is 1. The minimum Gasteiger partial charge on any atom is -0.478 e. The number of benzene rings is 1. The second-order valence-corrected chi connectivity index (χ2v) is 7.69. The molecule has 0 aliphatic carbocycles. The van der Waals surface area contributed by atoms with Gasteiger partial charge in [-0.05, 0) is 67.1 Å². The summed E-state index contributed by atoms with van der Waals surface area (Å²) in [5, 5.41) is 11.1. The van der Waals surface area contributed by atoms with Crippen molar-refractivity contribution < 1.29 is 9.90 Å². The molecule has 0 atom stereocenters. The van der Waals surface area contributed by atoms with Gasteiger partial charge in [0.2, 0.25) is 0 Å². The Balaban J connectivity index is 2.10. The van der Waals surface area contributed by atoms with E-state index < -0.39 is 5.97 Å². The van der Waals surface area contributed by atoms with E-state index in [1.165, 1.54) is 5.56 Å². The fourth-order valence-electron chi connectivity index (χ4n) is 1.35. The van der Waals surface area contributed by atoms with Gasteiger partial charge < -0.3 is 5.11 Å². The van der Waals surface area contributed by atoms with E-state index in [4.69, 9.17) is 5.11 Å². The summed E-state index contributed by atoms with van der Waals surface area (Å²) in [7, 11) is 0. The first-order valence-electron chi connectivity index (χ1n) is 4.95. The van der Waals surface area contributed by atoms with Crippen LogP contribution in [0.5, 0.6) is 0 Å². The first kappa shape index (κ1) is 14.1. The number of halogens is 2. The van der Waals surface area contributed by atoms with Crippen LogP contribution in [0.4, 0.5) is 0 Å². The van der Waals surface area contributed by atoms with Gasteiger partial charge in [-0.2, -0.15) is 0 Å². The van der Waals surface area contributed by atoms with Crippen LogP contribution in [0.3, 0.4) is 0 Å². The Morgan fingerprint density at radius 1 is 1.33 bits per heavy atom. The van der Waals surface area contributed by atoms with Crippen molar-refractivity contribution in [2.45, 2.75) is 10.6 Å². The lowest BCUT2D eigenvalue weighted by Crippen LogP contribution is -1.97. The summed E-state index contributed by atoms with van der Waals surface area (Å²) in [6.07, 6.45) is 0. The largest absolute Gasteiger partial charge is 0.478 e. The normalized spacial score (nSPS) is 10.6. The Kier molecular flexibility index (Phi) is 4.89. The standard InChI is InChI=1S/C12H8Br2O2S2/c13-10-2-1-8(4-9(10)12(15)16)17-5-7-3-11(14)18-6-7/h1-4,6H,5H2,(H,15,16). The van der Waals surface area contributed by atoms with E-state index in [0.29, 0.717) is 10.0 Å². The highest BCUT2D eigenvalue weighted by Gasteiger charge is 2.09. The molecule has 6 heteroatoms. The molecule has 0 amide bonds. The maximum Gasteiger partial charge on any atom is 0.336 e. The Morgan fingerprint density at radius 3 is 2.72 bits per heavy atom. The number of thioether (sulfide) groups is 1. The Hall–Kier alpha value is -0.300. The topological polar surface area (TPSA) is 37.3 Å². The van der Waals surface area contributed by atoms with Crippen LogP contribution >= 0.6 is 55.0 Å². The van der Waals surface area contributed by atoms with E-state index in [9.17, 15) is 4.79 Å². The summed E-state index contributed by atoms with van der Waals surface area (Å²) in [5.41, 5.74) is 1.53. The number of hydrogen-bond donors (Lipinski definition) is 1. The Labute approximate surface area is 130 Å². The van der Waals surface area contributed by atoms with Gasteiger partial charge in [-0.1, -0.05) is 0 Å². The van der Waals surface area contributed by atoms with Crippen LogP contribution in [-0.4, -0.2) is 11.1 Å². The van der Waals surface area contributed by atoms with Crippen LogP contribution in [0, 0.1) is 0 Å². The Morgan fingerprint density at radius 2 is 2.11 bits per heavy atom. The molecule has 0 saturated heterocycles. The lowest BCUT2D eigenvalue weighted by molar-refractivity contribution is 0.0695. The summed E-state index contributed by atoms with van der Waals surface area (Å²) in [4.78, 5) is 12.0. The van der Waals surface area contributed by atoms with Gasteiger partial charge in [0.1, 0.15) is 0 Å². The number of rotatable bonds is 4. The Bertz CT molecular complexity index is 581. The molecule has 2 rings (SSSR count). The molecule has 0 unspecified atom stereocenters. The third-order valence-electron chi connectivity index (χ3n) is 2.20. The third kappa shape index (κ3) is 3.60. The molecule has 0 bridgehead atoms. The lowest BCUT2D eigenvalue weighted by Gasteiger charge is -2.03. The molecule has 94 valence electrons. The lowest BCUT2D eigenvalue weighted by atomic mass is 10.2. The molecule has 0 spiro atoms. The molecule has 1 aromatic carbocycles. The maximum atomic E-state index is 11.0. The molecule has 1 N–H and O–H groups in total. The molecule has 1 aromatic heterocycles. The molecule has 0 aliphatic rings. The van der Waals surface area contributed by atoms with Crippen LogP contribution in [0.25, 0.3) is 0 Å². The average molecular weight is 408 g/mol. The van der Waals surface area contributed by atoms with Crippen LogP contribution in [-0.2, 0) is 5.75 Å². The zero-order valence-corrected chi connectivity index (χ0v) is 13.8. The van der Waals surface area contributed by atoms with Gasteiger partial charge in [0.05, 0.1) is 9.35 Å². The number of hydrogen-bond acceptors (Lipinski definition) is 3. The van der Waals surface area contributed by atoms with Crippen molar-refractivity contribution in [1.82, 2.24) is 0 Å². The molecule has 0 fully saturated rings. The molecular formula is C12H8Br2O2S2. The van der Waals surface area contributed by atoms with E-state index in [2.05, 4.69) is 43.3 Å². The van der Waals surface area contributed by atoms with Crippen LogP contribution < -0.4 is 0 Å². The van der Waals surface area contributed by atoms with Gasteiger partial charge in [-0.15, -0.1) is 23.1 Å². The van der Waals surface area contributed by atoms with E-state index >= 15 is 0 Å². The van der Waals surface area contributed by atoms with Crippen molar-refractivity contribution in [2.24, 2.45) is 0 Å². The highest BCUT2D eigenvalue weighted by Crippen LogP contribution is 2.30. The van der Waals surface area contributed by atoms with E-state index in [1.807, 2.05) is 6.07 Å². The first-order valence-corrected chi connectivity index (χ1v) is 8.40. The third-order valence-corrected chi connectivity index (χ3v) is 5.51. The fourth-order valence-corrected chi connectivity index (χ4v) is 3.94. The van der Waals surface area contributed by atoms with Crippen molar-refractivity contribution in [3.05, 3.63) is 49.0 Å². The van der Waals surface area contributed by atoms with Gasteiger partial charge >= 0.3 is 5.97 Å². The fraction of sp³-hybridized carbons (Fsp3) is 0.0833. The van der Waals surface area contributed by atoms with Crippen molar-refractivity contribution in [3.63, 3.8) is 0 Å². The van der Waals surface area contributed by atoms with Crippen molar-refractivity contribution >= 4 is 60.9 Å². The molecule has 2 aromatic rings. The summed E-state index contributed by atoms with van der Waals surface area (Å²) in [5.74, 6) is -0.0782. The zero-order valence-electron chi connectivity index (χ0n) is 9.02. The van der Waals surface area contributed by atoms with E-state index in [-0.39, 0.29) is 0 Å².